The van der Waals surface area contributed by atoms with Crippen LogP contribution in [0.2, 0.25) is 0 Å². The Morgan fingerprint density at radius 1 is 1.36 bits per heavy atom. The second-order valence-corrected chi connectivity index (χ2v) is 6.22. The van der Waals surface area contributed by atoms with Crippen molar-refractivity contribution in [1.29, 1.82) is 0 Å². The highest BCUT2D eigenvalue weighted by Crippen LogP contribution is 2.17. The van der Waals surface area contributed by atoms with Crippen LogP contribution in [0.15, 0.2) is 48.0 Å². The summed E-state index contributed by atoms with van der Waals surface area (Å²) in [6.45, 7) is 9.52. The van der Waals surface area contributed by atoms with Crippen molar-refractivity contribution < 1.29 is 0 Å². The molecule has 0 spiro atoms. The highest BCUT2D eigenvalue weighted by molar-refractivity contribution is 5.79. The second-order valence-electron chi connectivity index (χ2n) is 6.22. The number of aromatic nitrogens is 2. The number of rotatable bonds is 7. The van der Waals surface area contributed by atoms with Crippen molar-refractivity contribution in [2.24, 2.45) is 4.99 Å². The molecule has 0 unspecified atom stereocenters. The van der Waals surface area contributed by atoms with E-state index in [2.05, 4.69) is 65.1 Å². The van der Waals surface area contributed by atoms with E-state index >= 15 is 0 Å². The van der Waals surface area contributed by atoms with E-state index in [1.165, 1.54) is 5.56 Å². The lowest BCUT2D eigenvalue weighted by molar-refractivity contribution is 0.469. The maximum atomic E-state index is 4.61. The van der Waals surface area contributed by atoms with Gasteiger partial charge in [0.05, 0.1) is 11.4 Å². The van der Waals surface area contributed by atoms with Gasteiger partial charge in [0.2, 0.25) is 0 Å². The third-order valence-corrected chi connectivity index (χ3v) is 4.14. The van der Waals surface area contributed by atoms with E-state index in [9.17, 15) is 0 Å². The molecule has 0 atom stereocenters. The molecule has 1 heterocycles. The molecular formula is C20H29N5. The van der Waals surface area contributed by atoms with Crippen molar-refractivity contribution in [3.8, 4) is 5.69 Å². The van der Waals surface area contributed by atoms with Crippen LogP contribution >= 0.6 is 0 Å². The molecule has 0 saturated heterocycles. The van der Waals surface area contributed by atoms with Gasteiger partial charge in [0.25, 0.3) is 0 Å². The fourth-order valence-corrected chi connectivity index (χ4v) is 2.88. The number of hydrogen-bond acceptors (Lipinski definition) is 2. The number of guanidine groups is 1. The van der Waals surface area contributed by atoms with E-state index in [0.29, 0.717) is 6.54 Å². The summed E-state index contributed by atoms with van der Waals surface area (Å²) in [6.07, 6.45) is 4.04. The van der Waals surface area contributed by atoms with Crippen LogP contribution in [0.25, 0.3) is 5.69 Å². The van der Waals surface area contributed by atoms with Gasteiger partial charge >= 0.3 is 0 Å². The second kappa shape index (κ2) is 9.06. The van der Waals surface area contributed by atoms with E-state index in [-0.39, 0.29) is 0 Å². The lowest BCUT2D eigenvalue weighted by Crippen LogP contribution is -2.39. The van der Waals surface area contributed by atoms with Crippen LogP contribution in [-0.2, 0) is 6.54 Å². The van der Waals surface area contributed by atoms with Gasteiger partial charge in [-0.25, -0.2) is 4.68 Å². The smallest absolute Gasteiger partial charge is 0.193 e. The van der Waals surface area contributed by atoms with Crippen LogP contribution in [0.3, 0.4) is 0 Å². The standard InChI is InChI=1S/C20H29N5/c1-6-7-10-13-24(5)20(21-4)22-15-18-11-8-9-12-19(18)25-17(3)14-16(2)23-25/h6,8-9,11-12,14H,1,7,10,13,15H2,2-5H3,(H,21,22). The van der Waals surface area contributed by atoms with Gasteiger partial charge in [-0.1, -0.05) is 24.3 Å². The Bertz CT molecular complexity index is 729. The molecule has 0 aliphatic heterocycles. The zero-order valence-electron chi connectivity index (χ0n) is 15.8. The van der Waals surface area contributed by atoms with Crippen molar-refractivity contribution in [2.45, 2.75) is 33.2 Å². The minimum absolute atomic E-state index is 0.701. The number of aliphatic imine (C=N–C) groups is 1. The fraction of sp³-hybridized carbons (Fsp3) is 0.400. The first-order valence-electron chi connectivity index (χ1n) is 8.71. The fourth-order valence-electron chi connectivity index (χ4n) is 2.88. The predicted molar refractivity (Wildman–Crippen MR) is 105 cm³/mol. The van der Waals surface area contributed by atoms with Crippen LogP contribution in [0.4, 0.5) is 0 Å². The van der Waals surface area contributed by atoms with E-state index < -0.39 is 0 Å². The first kappa shape index (κ1) is 18.8. The maximum Gasteiger partial charge on any atom is 0.193 e. The molecule has 0 aliphatic rings. The Morgan fingerprint density at radius 2 is 2.12 bits per heavy atom. The summed E-state index contributed by atoms with van der Waals surface area (Å²) in [5.41, 5.74) is 4.45. The highest BCUT2D eigenvalue weighted by atomic mass is 15.3. The first-order chi connectivity index (χ1) is 12.1. The van der Waals surface area contributed by atoms with E-state index in [1.54, 1.807) is 0 Å². The molecule has 2 aromatic rings. The third kappa shape index (κ3) is 4.95. The molecule has 134 valence electrons. The summed E-state index contributed by atoms with van der Waals surface area (Å²) < 4.78 is 2.00. The van der Waals surface area contributed by atoms with Crippen molar-refractivity contribution in [3.05, 3.63) is 59.9 Å². The molecule has 1 aromatic carbocycles. The first-order valence-corrected chi connectivity index (χ1v) is 8.71. The van der Waals surface area contributed by atoms with Crippen LogP contribution in [-0.4, -0.2) is 41.3 Å². The van der Waals surface area contributed by atoms with Gasteiger partial charge in [0.15, 0.2) is 5.96 Å². The Hall–Kier alpha value is -2.56. The predicted octanol–water partition coefficient (Wildman–Crippen LogP) is 3.46. The van der Waals surface area contributed by atoms with Gasteiger partial charge in [0.1, 0.15) is 0 Å². The number of unbranched alkanes of at least 4 members (excludes halogenated alkanes) is 1. The Labute approximate surface area is 151 Å². The summed E-state index contributed by atoms with van der Waals surface area (Å²) in [6, 6.07) is 10.4. The van der Waals surface area contributed by atoms with E-state index in [1.807, 2.05) is 30.8 Å². The van der Waals surface area contributed by atoms with Gasteiger partial charge in [-0.15, -0.1) is 6.58 Å². The minimum Gasteiger partial charge on any atom is -0.352 e. The number of allylic oxidation sites excluding steroid dienone is 1. The summed E-state index contributed by atoms with van der Waals surface area (Å²) >= 11 is 0. The number of para-hydroxylation sites is 1. The molecule has 5 nitrogen and oxygen atoms in total. The molecule has 1 aromatic heterocycles. The normalized spacial score (nSPS) is 11.4. The molecule has 0 amide bonds. The Kier molecular flexibility index (Phi) is 6.81. The molecule has 0 saturated carbocycles. The number of benzene rings is 1. The average Bonchev–Trinajstić information content (AvgIpc) is 2.94. The average molecular weight is 339 g/mol. The molecular weight excluding hydrogens is 310 g/mol. The molecule has 0 bridgehead atoms. The van der Waals surface area contributed by atoms with Crippen LogP contribution in [0, 0.1) is 13.8 Å². The molecule has 1 N–H and O–H groups in total. The summed E-state index contributed by atoms with van der Waals surface area (Å²) in [5.74, 6) is 0.896. The molecule has 0 aliphatic carbocycles. The molecule has 0 radical (unpaired) electrons. The molecule has 2 rings (SSSR count). The molecule has 25 heavy (non-hydrogen) atoms. The Balaban J connectivity index is 2.10. The van der Waals surface area contributed by atoms with Crippen LogP contribution in [0.5, 0.6) is 0 Å². The summed E-state index contributed by atoms with van der Waals surface area (Å²) in [7, 11) is 3.88. The number of nitrogens with zero attached hydrogens (tertiary/aromatic N) is 4. The Morgan fingerprint density at radius 3 is 2.76 bits per heavy atom. The quantitative estimate of drug-likeness (QED) is 0.364. The lowest BCUT2D eigenvalue weighted by atomic mass is 10.1. The van der Waals surface area contributed by atoms with Gasteiger partial charge in [-0.05, 0) is 44.4 Å². The van der Waals surface area contributed by atoms with Crippen molar-refractivity contribution in [3.63, 3.8) is 0 Å². The van der Waals surface area contributed by atoms with Crippen LogP contribution < -0.4 is 5.32 Å². The van der Waals surface area contributed by atoms with Crippen molar-refractivity contribution >= 4 is 5.96 Å². The van der Waals surface area contributed by atoms with Crippen molar-refractivity contribution in [1.82, 2.24) is 20.0 Å². The maximum absolute atomic E-state index is 4.61. The largest absolute Gasteiger partial charge is 0.352 e. The SMILES string of the molecule is C=CCCCN(C)C(=NC)NCc1ccccc1-n1nc(C)cc1C. The molecule has 0 fully saturated rings. The van der Waals surface area contributed by atoms with Crippen molar-refractivity contribution in [2.75, 3.05) is 20.6 Å². The zero-order valence-corrected chi connectivity index (χ0v) is 15.8. The van der Waals surface area contributed by atoms with Crippen LogP contribution in [0.1, 0.15) is 29.8 Å². The highest BCUT2D eigenvalue weighted by Gasteiger charge is 2.10. The topological polar surface area (TPSA) is 45.5 Å². The van der Waals surface area contributed by atoms with E-state index in [0.717, 1.165) is 42.4 Å². The number of aryl methyl sites for hydroxylation is 2. The summed E-state index contributed by atoms with van der Waals surface area (Å²) in [5, 5.41) is 8.07. The van der Waals surface area contributed by atoms with Gasteiger partial charge in [-0.3, -0.25) is 4.99 Å². The summed E-state index contributed by atoms with van der Waals surface area (Å²) in [4.78, 5) is 6.54. The van der Waals surface area contributed by atoms with E-state index in [4.69, 9.17) is 0 Å². The monoisotopic (exact) mass is 339 g/mol. The van der Waals surface area contributed by atoms with Gasteiger partial charge in [0, 0.05) is 32.9 Å². The number of nitrogens with one attached hydrogen (secondary N) is 1. The molecule has 5 heteroatoms. The minimum atomic E-state index is 0.701. The van der Waals surface area contributed by atoms with Gasteiger partial charge < -0.3 is 10.2 Å². The number of hydrogen-bond donors (Lipinski definition) is 1. The third-order valence-electron chi connectivity index (χ3n) is 4.14. The zero-order chi connectivity index (χ0) is 18.2. The lowest BCUT2D eigenvalue weighted by Gasteiger charge is -2.22. The van der Waals surface area contributed by atoms with Gasteiger partial charge in [-0.2, -0.15) is 5.10 Å².